The number of benzene rings is 2. The Morgan fingerprint density at radius 3 is 2.36 bits per heavy atom. The Morgan fingerprint density at radius 2 is 1.84 bits per heavy atom. The summed E-state index contributed by atoms with van der Waals surface area (Å²) in [5, 5.41) is 8.92. The van der Waals surface area contributed by atoms with Gasteiger partial charge in [-0.3, -0.25) is 0 Å². The molecule has 6 nitrogen and oxygen atoms in total. The van der Waals surface area contributed by atoms with E-state index in [2.05, 4.69) is 4.72 Å². The third-order valence-corrected chi connectivity index (χ3v) is 5.02. The molecule has 0 unspecified atom stereocenters. The lowest BCUT2D eigenvalue weighted by Gasteiger charge is -2.10. The van der Waals surface area contributed by atoms with E-state index in [4.69, 9.17) is 21.6 Å². The van der Waals surface area contributed by atoms with Gasteiger partial charge in [0.05, 0.1) is 27.1 Å². The lowest BCUT2D eigenvalue weighted by atomic mass is 10.2. The Kier molecular flexibility index (Phi) is 5.80. The molecule has 2 rings (SSSR count). The molecule has 0 radical (unpaired) electrons. The maximum Gasteiger partial charge on any atom is 0.343 e. The SMILES string of the molecule is CC(C)NS(=O)(=O)c1ccc(C(=O)Oc2ccc(C#N)cc2Cl)cc1. The molecule has 1 N–H and O–H groups in total. The minimum Gasteiger partial charge on any atom is -0.421 e. The second-order valence-electron chi connectivity index (χ2n) is 5.45. The number of halogens is 1. The van der Waals surface area contributed by atoms with E-state index in [1.165, 1.54) is 42.5 Å². The fourth-order valence-corrected chi connectivity index (χ4v) is 3.43. The Hall–Kier alpha value is -2.40. The topological polar surface area (TPSA) is 96.3 Å². The summed E-state index contributed by atoms with van der Waals surface area (Å²) in [6, 6.07) is 11.3. The summed E-state index contributed by atoms with van der Waals surface area (Å²) in [5.41, 5.74) is 0.515. The summed E-state index contributed by atoms with van der Waals surface area (Å²) in [7, 11) is -3.63. The minimum atomic E-state index is -3.63. The largest absolute Gasteiger partial charge is 0.421 e. The highest BCUT2D eigenvalue weighted by atomic mass is 35.5. The molecule has 0 saturated carbocycles. The average Bonchev–Trinajstić information content (AvgIpc) is 2.55. The van der Waals surface area contributed by atoms with Crippen molar-refractivity contribution in [3.63, 3.8) is 0 Å². The quantitative estimate of drug-likeness (QED) is 0.637. The summed E-state index contributed by atoms with van der Waals surface area (Å²) in [6.07, 6.45) is 0. The molecular weight excluding hydrogens is 364 g/mol. The smallest absolute Gasteiger partial charge is 0.343 e. The summed E-state index contributed by atoms with van der Waals surface area (Å²) in [5.74, 6) is -0.573. The van der Waals surface area contributed by atoms with E-state index in [0.29, 0.717) is 5.56 Å². The normalized spacial score (nSPS) is 11.2. The van der Waals surface area contributed by atoms with Crippen LogP contribution in [0.25, 0.3) is 0 Å². The van der Waals surface area contributed by atoms with Gasteiger partial charge >= 0.3 is 5.97 Å². The van der Waals surface area contributed by atoms with Crippen LogP contribution in [-0.2, 0) is 10.0 Å². The Morgan fingerprint density at radius 1 is 1.20 bits per heavy atom. The number of hydrogen-bond acceptors (Lipinski definition) is 5. The molecule has 0 heterocycles. The molecule has 2 aromatic carbocycles. The molecule has 130 valence electrons. The first-order valence-electron chi connectivity index (χ1n) is 7.27. The van der Waals surface area contributed by atoms with Crippen molar-refractivity contribution in [2.24, 2.45) is 0 Å². The van der Waals surface area contributed by atoms with Crippen molar-refractivity contribution in [3.05, 3.63) is 58.6 Å². The first kappa shape index (κ1) is 18.9. The van der Waals surface area contributed by atoms with Crippen molar-refractivity contribution < 1.29 is 17.9 Å². The van der Waals surface area contributed by atoms with Gasteiger partial charge in [0, 0.05) is 6.04 Å². The highest BCUT2D eigenvalue weighted by molar-refractivity contribution is 7.89. The lowest BCUT2D eigenvalue weighted by Crippen LogP contribution is -2.30. The third kappa shape index (κ3) is 4.79. The zero-order chi connectivity index (χ0) is 18.6. The van der Waals surface area contributed by atoms with Crippen LogP contribution in [0.3, 0.4) is 0 Å². The standard InChI is InChI=1S/C17H15ClN2O4S/c1-11(2)20-25(22,23)14-6-4-13(5-7-14)17(21)24-16-8-3-12(10-19)9-15(16)18/h3-9,11,20H,1-2H3. The molecule has 0 bridgehead atoms. The van der Waals surface area contributed by atoms with E-state index >= 15 is 0 Å². The number of nitrogens with zero attached hydrogens (tertiary/aromatic N) is 1. The van der Waals surface area contributed by atoms with Gasteiger partial charge < -0.3 is 4.74 Å². The molecule has 0 spiro atoms. The number of hydrogen-bond donors (Lipinski definition) is 1. The van der Waals surface area contributed by atoms with Gasteiger partial charge in [0.25, 0.3) is 0 Å². The summed E-state index contributed by atoms with van der Waals surface area (Å²) in [4.78, 5) is 12.2. The predicted molar refractivity (Wildman–Crippen MR) is 93.0 cm³/mol. The Bertz CT molecular complexity index is 932. The Labute approximate surface area is 151 Å². The molecule has 2 aromatic rings. The molecule has 8 heteroatoms. The summed E-state index contributed by atoms with van der Waals surface area (Å²) < 4.78 is 31.7. The molecule has 0 amide bonds. The van der Waals surface area contributed by atoms with Gasteiger partial charge in [0.2, 0.25) is 10.0 Å². The monoisotopic (exact) mass is 378 g/mol. The molecular formula is C17H15ClN2O4S. The van der Waals surface area contributed by atoms with Crippen molar-refractivity contribution in [2.75, 3.05) is 0 Å². The number of nitrogens with one attached hydrogen (secondary N) is 1. The van der Waals surface area contributed by atoms with Crippen molar-refractivity contribution >= 4 is 27.6 Å². The average molecular weight is 379 g/mol. The van der Waals surface area contributed by atoms with Crippen LogP contribution >= 0.6 is 11.6 Å². The van der Waals surface area contributed by atoms with Crippen LogP contribution < -0.4 is 9.46 Å². The highest BCUT2D eigenvalue weighted by Crippen LogP contribution is 2.26. The van der Waals surface area contributed by atoms with E-state index in [9.17, 15) is 13.2 Å². The van der Waals surface area contributed by atoms with Crippen LogP contribution in [0.5, 0.6) is 5.75 Å². The van der Waals surface area contributed by atoms with Crippen LogP contribution in [0.4, 0.5) is 0 Å². The molecule has 0 aliphatic carbocycles. The van der Waals surface area contributed by atoms with Gasteiger partial charge in [-0.05, 0) is 56.3 Å². The number of nitriles is 1. The molecule has 0 fully saturated rings. The van der Waals surface area contributed by atoms with Gasteiger partial charge in [-0.1, -0.05) is 11.6 Å². The van der Waals surface area contributed by atoms with Crippen LogP contribution in [0.2, 0.25) is 5.02 Å². The van der Waals surface area contributed by atoms with Gasteiger partial charge in [0.15, 0.2) is 0 Å². The number of esters is 1. The van der Waals surface area contributed by atoms with Crippen LogP contribution in [0.15, 0.2) is 47.4 Å². The van der Waals surface area contributed by atoms with Crippen molar-refractivity contribution in [1.82, 2.24) is 4.72 Å². The van der Waals surface area contributed by atoms with Crippen LogP contribution in [0, 0.1) is 11.3 Å². The summed E-state index contributed by atoms with van der Waals surface area (Å²) in [6.45, 7) is 3.43. The van der Waals surface area contributed by atoms with Gasteiger partial charge in [-0.25, -0.2) is 17.9 Å². The first-order valence-corrected chi connectivity index (χ1v) is 9.13. The molecule has 0 atom stereocenters. The molecule has 0 aliphatic heterocycles. The molecule has 0 saturated heterocycles. The van der Waals surface area contributed by atoms with Crippen LogP contribution in [0.1, 0.15) is 29.8 Å². The molecule has 25 heavy (non-hydrogen) atoms. The number of rotatable bonds is 5. The Balaban J connectivity index is 2.17. The van der Waals surface area contributed by atoms with Crippen molar-refractivity contribution in [1.29, 1.82) is 5.26 Å². The van der Waals surface area contributed by atoms with E-state index in [0.717, 1.165) is 0 Å². The fraction of sp³-hybridized carbons (Fsp3) is 0.176. The maximum atomic E-state index is 12.1. The number of sulfonamides is 1. The number of carbonyl (C=O) groups excluding carboxylic acids is 1. The van der Waals surface area contributed by atoms with E-state index in [-0.39, 0.29) is 27.3 Å². The van der Waals surface area contributed by atoms with Crippen molar-refractivity contribution in [3.8, 4) is 11.8 Å². The number of ether oxygens (including phenoxy) is 1. The van der Waals surface area contributed by atoms with E-state index in [1.807, 2.05) is 6.07 Å². The maximum absolute atomic E-state index is 12.1. The predicted octanol–water partition coefficient (Wildman–Crippen LogP) is 3.12. The van der Waals surface area contributed by atoms with Crippen LogP contribution in [-0.4, -0.2) is 20.4 Å². The molecule has 0 aliphatic rings. The fourth-order valence-electron chi connectivity index (χ4n) is 1.96. The third-order valence-electron chi connectivity index (χ3n) is 3.05. The highest BCUT2D eigenvalue weighted by Gasteiger charge is 2.17. The zero-order valence-corrected chi connectivity index (χ0v) is 15.1. The summed E-state index contributed by atoms with van der Waals surface area (Å²) >= 11 is 5.96. The second-order valence-corrected chi connectivity index (χ2v) is 7.57. The lowest BCUT2D eigenvalue weighted by molar-refractivity contribution is 0.0734. The van der Waals surface area contributed by atoms with Gasteiger partial charge in [-0.15, -0.1) is 0 Å². The number of carbonyl (C=O) groups is 1. The van der Waals surface area contributed by atoms with Crippen molar-refractivity contribution in [2.45, 2.75) is 24.8 Å². The first-order chi connectivity index (χ1) is 11.7. The minimum absolute atomic E-state index is 0.0501. The zero-order valence-electron chi connectivity index (χ0n) is 13.5. The van der Waals surface area contributed by atoms with Gasteiger partial charge in [-0.2, -0.15) is 5.26 Å². The van der Waals surface area contributed by atoms with E-state index < -0.39 is 16.0 Å². The second kappa shape index (κ2) is 7.66. The molecule has 0 aromatic heterocycles. The van der Waals surface area contributed by atoms with Gasteiger partial charge in [0.1, 0.15) is 5.75 Å². The van der Waals surface area contributed by atoms with E-state index in [1.54, 1.807) is 13.8 Å².